The molecule has 0 aromatic heterocycles. The van der Waals surface area contributed by atoms with E-state index in [2.05, 4.69) is 0 Å². The van der Waals surface area contributed by atoms with Gasteiger partial charge in [0.2, 0.25) is 11.8 Å². The number of nitrogens with zero attached hydrogens (tertiary/aromatic N) is 1. The highest BCUT2D eigenvalue weighted by molar-refractivity contribution is 6.32. The molecule has 2 amide bonds. The van der Waals surface area contributed by atoms with Gasteiger partial charge in [-0.25, -0.2) is 0 Å². The second-order valence-corrected chi connectivity index (χ2v) is 11.8. The van der Waals surface area contributed by atoms with E-state index < -0.39 is 23.9 Å². The second-order valence-electron chi connectivity index (χ2n) is 11.4. The summed E-state index contributed by atoms with van der Waals surface area (Å²) in [4.78, 5) is 28.5. The standard InChI is InChI=1S/C35H36ClNO5/c1-21(2)27-19-28-33(35(42)37(34(28)41)25-11-7-4-8-12-25)29(20-38)32(27)31(40)16-14-23(22-9-5-3-6-10-22)17-24-13-15-26(39)18-30(24)36/h3-13,15,17-18,21,28-29,31,33,38-40H,14,16,19-20H2,1-2H3/b23-17-/t28-,29+,31-,33-/m1/s1. The maximum Gasteiger partial charge on any atom is 0.238 e. The third kappa shape index (κ3) is 5.80. The predicted octanol–water partition coefficient (Wildman–Crippen LogP) is 6.50. The van der Waals surface area contributed by atoms with E-state index in [9.17, 15) is 24.9 Å². The molecular weight excluding hydrogens is 550 g/mol. The molecule has 1 saturated heterocycles. The molecule has 5 rings (SSSR count). The number of aromatic hydroxyl groups is 1. The summed E-state index contributed by atoms with van der Waals surface area (Å²) in [6, 6.07) is 23.5. The minimum absolute atomic E-state index is 0.0262. The molecule has 0 radical (unpaired) electrons. The van der Waals surface area contributed by atoms with Gasteiger partial charge in [0.15, 0.2) is 0 Å². The van der Waals surface area contributed by atoms with Crippen LogP contribution in [0.2, 0.25) is 5.02 Å². The highest BCUT2D eigenvalue weighted by atomic mass is 35.5. The summed E-state index contributed by atoms with van der Waals surface area (Å²) >= 11 is 6.42. The summed E-state index contributed by atoms with van der Waals surface area (Å²) in [5, 5.41) is 32.6. The van der Waals surface area contributed by atoms with Crippen LogP contribution in [0.4, 0.5) is 5.69 Å². The van der Waals surface area contributed by atoms with E-state index in [1.807, 2.05) is 56.3 Å². The number of halogens is 1. The number of para-hydroxylation sites is 1. The fraction of sp³-hybridized carbons (Fsp3) is 0.314. The van der Waals surface area contributed by atoms with Crippen molar-refractivity contribution in [2.45, 2.75) is 39.2 Å². The lowest BCUT2D eigenvalue weighted by atomic mass is 9.66. The maximum absolute atomic E-state index is 13.7. The van der Waals surface area contributed by atoms with E-state index in [1.165, 1.54) is 11.0 Å². The number of amides is 2. The van der Waals surface area contributed by atoms with Crippen molar-refractivity contribution >= 4 is 40.8 Å². The average Bonchev–Trinajstić information content (AvgIpc) is 3.24. The van der Waals surface area contributed by atoms with E-state index in [0.717, 1.165) is 22.3 Å². The Bertz CT molecular complexity index is 1510. The van der Waals surface area contributed by atoms with Crippen LogP contribution >= 0.6 is 11.6 Å². The van der Waals surface area contributed by atoms with E-state index >= 15 is 0 Å². The molecular formula is C35H36ClNO5. The summed E-state index contributed by atoms with van der Waals surface area (Å²) in [7, 11) is 0. The van der Waals surface area contributed by atoms with Crippen LogP contribution in [0.1, 0.15) is 44.2 Å². The highest BCUT2D eigenvalue weighted by Gasteiger charge is 2.55. The van der Waals surface area contributed by atoms with Crippen LogP contribution in [0, 0.1) is 23.7 Å². The smallest absolute Gasteiger partial charge is 0.238 e. The normalized spacial score (nSPS) is 21.7. The van der Waals surface area contributed by atoms with Crippen molar-refractivity contribution in [2.24, 2.45) is 23.7 Å². The number of allylic oxidation sites excluding steroid dienone is 2. The average molecular weight is 586 g/mol. The SMILES string of the molecule is CC(C)C1=C([C@H](O)CC/C(=C/c2ccc(O)cc2Cl)c2ccccc2)[C@H](CO)[C@@H]2C(=O)N(c3ccccc3)C(=O)[C@@H]2C1. The first-order chi connectivity index (χ1) is 20.2. The largest absolute Gasteiger partial charge is 0.508 e. The van der Waals surface area contributed by atoms with E-state index in [0.29, 0.717) is 35.5 Å². The Balaban J connectivity index is 1.46. The molecule has 0 spiro atoms. The molecule has 42 heavy (non-hydrogen) atoms. The van der Waals surface area contributed by atoms with Gasteiger partial charge in [0, 0.05) is 5.92 Å². The van der Waals surface area contributed by atoms with Crippen molar-refractivity contribution in [2.75, 3.05) is 11.5 Å². The van der Waals surface area contributed by atoms with Gasteiger partial charge in [0.1, 0.15) is 5.75 Å². The number of carbonyl (C=O) groups excluding carboxylic acids is 2. The molecule has 1 fully saturated rings. The molecule has 1 aliphatic carbocycles. The van der Waals surface area contributed by atoms with Crippen LogP contribution in [0.5, 0.6) is 5.75 Å². The molecule has 3 aromatic rings. The van der Waals surface area contributed by atoms with Crippen LogP contribution < -0.4 is 4.90 Å². The first-order valence-corrected chi connectivity index (χ1v) is 14.8. The van der Waals surface area contributed by atoms with Gasteiger partial charge < -0.3 is 15.3 Å². The molecule has 1 aliphatic heterocycles. The van der Waals surface area contributed by atoms with E-state index in [1.54, 1.807) is 36.4 Å². The number of anilines is 1. The van der Waals surface area contributed by atoms with Crippen molar-refractivity contribution in [1.82, 2.24) is 0 Å². The molecule has 0 bridgehead atoms. The quantitative estimate of drug-likeness (QED) is 0.151. The number of phenolic OH excluding ortho intramolecular Hbond substituents is 1. The molecule has 3 aromatic carbocycles. The minimum Gasteiger partial charge on any atom is -0.508 e. The van der Waals surface area contributed by atoms with Crippen molar-refractivity contribution in [3.05, 3.63) is 106 Å². The number of fused-ring (bicyclic) bond motifs is 1. The number of rotatable bonds is 9. The maximum atomic E-state index is 13.7. The van der Waals surface area contributed by atoms with E-state index in [-0.39, 0.29) is 30.1 Å². The summed E-state index contributed by atoms with van der Waals surface area (Å²) < 4.78 is 0. The predicted molar refractivity (Wildman–Crippen MR) is 166 cm³/mol. The van der Waals surface area contributed by atoms with Crippen LogP contribution in [0.25, 0.3) is 11.6 Å². The lowest BCUT2D eigenvalue weighted by Crippen LogP contribution is -2.39. The van der Waals surface area contributed by atoms with Gasteiger partial charge in [-0.15, -0.1) is 0 Å². The van der Waals surface area contributed by atoms with Crippen LogP contribution in [-0.2, 0) is 9.59 Å². The third-order valence-electron chi connectivity index (χ3n) is 8.53. The Morgan fingerprint density at radius 1 is 1.00 bits per heavy atom. The number of imide groups is 1. The molecule has 6 nitrogen and oxygen atoms in total. The summed E-state index contributed by atoms with van der Waals surface area (Å²) in [6.07, 6.45) is 2.26. The molecule has 4 atom stereocenters. The Morgan fingerprint density at radius 2 is 1.67 bits per heavy atom. The van der Waals surface area contributed by atoms with Gasteiger partial charge in [-0.1, -0.05) is 79.6 Å². The van der Waals surface area contributed by atoms with Gasteiger partial charge in [-0.3, -0.25) is 14.5 Å². The van der Waals surface area contributed by atoms with E-state index in [4.69, 9.17) is 11.6 Å². The van der Waals surface area contributed by atoms with Crippen molar-refractivity contribution in [1.29, 1.82) is 0 Å². The lowest BCUT2D eigenvalue weighted by Gasteiger charge is -2.38. The fourth-order valence-electron chi connectivity index (χ4n) is 6.50. The van der Waals surface area contributed by atoms with Crippen molar-refractivity contribution < 1.29 is 24.9 Å². The Labute approximate surface area is 251 Å². The summed E-state index contributed by atoms with van der Waals surface area (Å²) in [5.41, 5.74) is 4.81. The Kier molecular flexibility index (Phi) is 8.97. The Hall–Kier alpha value is -3.71. The van der Waals surface area contributed by atoms with Gasteiger partial charge in [0.05, 0.1) is 35.3 Å². The van der Waals surface area contributed by atoms with Crippen molar-refractivity contribution in [3.8, 4) is 5.75 Å². The zero-order valence-electron chi connectivity index (χ0n) is 23.8. The number of phenols is 1. The second kappa shape index (κ2) is 12.7. The zero-order chi connectivity index (χ0) is 30.0. The monoisotopic (exact) mass is 585 g/mol. The Morgan fingerprint density at radius 3 is 2.29 bits per heavy atom. The topological polar surface area (TPSA) is 98.1 Å². The molecule has 0 unspecified atom stereocenters. The number of aliphatic hydroxyl groups is 2. The van der Waals surface area contributed by atoms with Gasteiger partial charge in [-0.05, 0) is 83.9 Å². The van der Waals surface area contributed by atoms with Crippen LogP contribution in [-0.4, -0.2) is 39.8 Å². The van der Waals surface area contributed by atoms with Gasteiger partial charge >= 0.3 is 0 Å². The third-order valence-corrected chi connectivity index (χ3v) is 8.86. The molecule has 2 aliphatic rings. The minimum atomic E-state index is -0.920. The lowest BCUT2D eigenvalue weighted by molar-refractivity contribution is -0.123. The number of hydrogen-bond donors (Lipinski definition) is 3. The fourth-order valence-corrected chi connectivity index (χ4v) is 6.73. The van der Waals surface area contributed by atoms with Crippen LogP contribution in [0.3, 0.4) is 0 Å². The first kappa shape index (κ1) is 29.8. The first-order valence-electron chi connectivity index (χ1n) is 14.4. The molecule has 7 heteroatoms. The number of carbonyl (C=O) groups is 2. The molecule has 3 N–H and O–H groups in total. The van der Waals surface area contributed by atoms with Gasteiger partial charge in [0.25, 0.3) is 0 Å². The summed E-state index contributed by atoms with van der Waals surface area (Å²) in [5.74, 6) is -2.42. The number of hydrogen-bond acceptors (Lipinski definition) is 5. The zero-order valence-corrected chi connectivity index (χ0v) is 24.5. The summed E-state index contributed by atoms with van der Waals surface area (Å²) in [6.45, 7) is 3.71. The molecule has 0 saturated carbocycles. The number of aliphatic hydroxyl groups excluding tert-OH is 2. The molecule has 218 valence electrons. The van der Waals surface area contributed by atoms with Gasteiger partial charge in [-0.2, -0.15) is 0 Å². The van der Waals surface area contributed by atoms with Crippen molar-refractivity contribution in [3.63, 3.8) is 0 Å². The highest BCUT2D eigenvalue weighted by Crippen LogP contribution is 2.49. The molecule has 1 heterocycles. The number of benzene rings is 3. The van der Waals surface area contributed by atoms with Crippen LogP contribution in [0.15, 0.2) is 90.0 Å².